The molecule has 0 amide bonds. The molecule has 0 spiro atoms. The molecule has 1 N–H and O–H groups in total. The maximum absolute atomic E-state index is 3.97. The van der Waals surface area contributed by atoms with Crippen molar-refractivity contribution >= 4 is 0 Å². The molecule has 0 aliphatic heterocycles. The quantitative estimate of drug-likeness (QED) is 0.701. The predicted molar refractivity (Wildman–Crippen MR) is 68.3 cm³/mol. The Labute approximate surface area is 99.7 Å². The summed E-state index contributed by atoms with van der Waals surface area (Å²) in [7, 11) is 0. The number of hydrogen-bond donors (Lipinski definition) is 1. The minimum Gasteiger partial charge on any atom is -0.310 e. The zero-order valence-corrected chi connectivity index (χ0v) is 10.7. The summed E-state index contributed by atoms with van der Waals surface area (Å²) in [5, 5.41) is 3.97. The van der Waals surface area contributed by atoms with E-state index < -0.39 is 0 Å². The maximum Gasteiger partial charge on any atom is 0.0138 e. The molecule has 0 aromatic rings. The average Bonchev–Trinajstić information content (AvgIpc) is 2.58. The number of fused-ring (bicyclic) bond motifs is 1. The zero-order valence-electron chi connectivity index (χ0n) is 10.7. The van der Waals surface area contributed by atoms with Gasteiger partial charge in [-0.1, -0.05) is 38.8 Å². The van der Waals surface area contributed by atoms with E-state index in [2.05, 4.69) is 31.3 Å². The van der Waals surface area contributed by atoms with Crippen LogP contribution in [-0.2, 0) is 0 Å². The van der Waals surface area contributed by atoms with E-state index in [0.29, 0.717) is 5.41 Å². The molecule has 4 atom stereocenters. The Kier molecular flexibility index (Phi) is 2.62. The highest BCUT2D eigenvalue weighted by atomic mass is 15.0. The Balaban J connectivity index is 1.60. The van der Waals surface area contributed by atoms with Gasteiger partial charge in [0.05, 0.1) is 0 Å². The summed E-state index contributed by atoms with van der Waals surface area (Å²) in [6.07, 6.45) is 13.3. The minimum absolute atomic E-state index is 0.519. The molecule has 1 heteroatoms. The molecule has 0 aromatic heterocycles. The van der Waals surface area contributed by atoms with E-state index in [-0.39, 0.29) is 0 Å². The van der Waals surface area contributed by atoms with E-state index in [1.54, 1.807) is 0 Å². The third-order valence-electron chi connectivity index (χ3n) is 5.29. The van der Waals surface area contributed by atoms with Gasteiger partial charge in [-0.3, -0.25) is 0 Å². The summed E-state index contributed by atoms with van der Waals surface area (Å²) >= 11 is 0. The molecule has 0 radical (unpaired) electrons. The van der Waals surface area contributed by atoms with Crippen LogP contribution in [0.25, 0.3) is 0 Å². The van der Waals surface area contributed by atoms with Crippen LogP contribution in [0.5, 0.6) is 0 Å². The third kappa shape index (κ3) is 1.73. The van der Waals surface area contributed by atoms with Crippen molar-refractivity contribution in [3.05, 3.63) is 12.2 Å². The fraction of sp³-hybridized carbons (Fsp3) is 0.867. The molecule has 2 fully saturated rings. The highest BCUT2D eigenvalue weighted by Crippen LogP contribution is 2.44. The van der Waals surface area contributed by atoms with Crippen LogP contribution < -0.4 is 5.32 Å². The SMILES string of the molecule is CC1(C)CCCCC1NC1CC2CC=CC21. The van der Waals surface area contributed by atoms with Gasteiger partial charge < -0.3 is 5.32 Å². The van der Waals surface area contributed by atoms with E-state index in [9.17, 15) is 0 Å². The highest BCUT2D eigenvalue weighted by molar-refractivity contribution is 5.13. The molecular weight excluding hydrogens is 194 g/mol. The van der Waals surface area contributed by atoms with Gasteiger partial charge in [-0.25, -0.2) is 0 Å². The second-order valence-electron chi connectivity index (χ2n) is 6.80. The maximum atomic E-state index is 3.97. The summed E-state index contributed by atoms with van der Waals surface area (Å²) < 4.78 is 0. The van der Waals surface area contributed by atoms with Crippen LogP contribution >= 0.6 is 0 Å². The first-order valence-corrected chi connectivity index (χ1v) is 7.09. The lowest BCUT2D eigenvalue weighted by Crippen LogP contribution is -2.56. The Morgan fingerprint density at radius 2 is 2.12 bits per heavy atom. The summed E-state index contributed by atoms with van der Waals surface area (Å²) in [6.45, 7) is 4.90. The summed E-state index contributed by atoms with van der Waals surface area (Å²) in [4.78, 5) is 0. The van der Waals surface area contributed by atoms with Crippen LogP contribution in [0, 0.1) is 17.3 Å². The molecule has 3 rings (SSSR count). The average molecular weight is 219 g/mol. The van der Waals surface area contributed by atoms with E-state index >= 15 is 0 Å². The van der Waals surface area contributed by atoms with Crippen molar-refractivity contribution in [2.45, 2.75) is 64.5 Å². The van der Waals surface area contributed by atoms with Crippen LogP contribution in [0.3, 0.4) is 0 Å². The monoisotopic (exact) mass is 219 g/mol. The first kappa shape index (κ1) is 10.8. The summed E-state index contributed by atoms with van der Waals surface area (Å²) in [5.41, 5.74) is 0.519. The van der Waals surface area contributed by atoms with Crippen molar-refractivity contribution in [1.29, 1.82) is 0 Å². The van der Waals surface area contributed by atoms with Crippen LogP contribution in [0.1, 0.15) is 52.4 Å². The molecule has 0 bridgehead atoms. The van der Waals surface area contributed by atoms with Crippen molar-refractivity contribution in [3.63, 3.8) is 0 Å². The second-order valence-corrected chi connectivity index (χ2v) is 6.80. The van der Waals surface area contributed by atoms with E-state index in [1.807, 2.05) is 0 Å². The van der Waals surface area contributed by atoms with Gasteiger partial charge in [0.1, 0.15) is 0 Å². The molecule has 16 heavy (non-hydrogen) atoms. The summed E-state index contributed by atoms with van der Waals surface area (Å²) in [5.74, 6) is 1.86. The van der Waals surface area contributed by atoms with Crippen molar-refractivity contribution in [2.75, 3.05) is 0 Å². The Bertz CT molecular complexity index is 292. The Hall–Kier alpha value is -0.300. The Morgan fingerprint density at radius 1 is 1.25 bits per heavy atom. The number of rotatable bonds is 2. The molecule has 0 heterocycles. The van der Waals surface area contributed by atoms with Gasteiger partial charge in [0.2, 0.25) is 0 Å². The smallest absolute Gasteiger partial charge is 0.0138 e. The summed E-state index contributed by atoms with van der Waals surface area (Å²) in [6, 6.07) is 1.56. The van der Waals surface area contributed by atoms with Crippen molar-refractivity contribution in [3.8, 4) is 0 Å². The standard InChI is InChI=1S/C15H25N/c1-15(2)9-4-3-8-14(15)16-13-10-11-6-5-7-12(11)13/h5,7,11-14,16H,3-4,6,8-10H2,1-2H3. The van der Waals surface area contributed by atoms with Crippen LogP contribution in [0.15, 0.2) is 12.2 Å². The zero-order chi connectivity index (χ0) is 11.2. The molecule has 3 aliphatic rings. The fourth-order valence-corrected chi connectivity index (χ4v) is 3.97. The number of hydrogen-bond acceptors (Lipinski definition) is 1. The molecule has 4 unspecified atom stereocenters. The van der Waals surface area contributed by atoms with Gasteiger partial charge in [0.15, 0.2) is 0 Å². The fourth-order valence-electron chi connectivity index (χ4n) is 3.97. The second kappa shape index (κ2) is 3.87. The molecule has 3 aliphatic carbocycles. The van der Waals surface area contributed by atoms with Crippen molar-refractivity contribution in [2.24, 2.45) is 17.3 Å². The topological polar surface area (TPSA) is 12.0 Å². The van der Waals surface area contributed by atoms with Gasteiger partial charge in [-0.15, -0.1) is 0 Å². The minimum atomic E-state index is 0.519. The highest BCUT2D eigenvalue weighted by Gasteiger charge is 2.43. The van der Waals surface area contributed by atoms with Crippen LogP contribution in [0.2, 0.25) is 0 Å². The predicted octanol–water partition coefficient (Wildman–Crippen LogP) is 3.51. The first-order chi connectivity index (χ1) is 7.67. The number of nitrogens with one attached hydrogen (secondary N) is 1. The lowest BCUT2D eigenvalue weighted by atomic mass is 9.68. The van der Waals surface area contributed by atoms with Crippen LogP contribution in [0.4, 0.5) is 0 Å². The first-order valence-electron chi connectivity index (χ1n) is 7.09. The Morgan fingerprint density at radius 3 is 2.88 bits per heavy atom. The normalized spacial score (nSPS) is 45.1. The third-order valence-corrected chi connectivity index (χ3v) is 5.29. The molecule has 90 valence electrons. The van der Waals surface area contributed by atoms with Crippen molar-refractivity contribution in [1.82, 2.24) is 5.32 Å². The lowest BCUT2D eigenvalue weighted by Gasteiger charge is -2.47. The largest absolute Gasteiger partial charge is 0.310 e. The van der Waals surface area contributed by atoms with Gasteiger partial charge in [0.25, 0.3) is 0 Å². The van der Waals surface area contributed by atoms with E-state index in [4.69, 9.17) is 0 Å². The van der Waals surface area contributed by atoms with Crippen LogP contribution in [-0.4, -0.2) is 12.1 Å². The molecule has 0 aromatic carbocycles. The number of allylic oxidation sites excluding steroid dienone is 1. The van der Waals surface area contributed by atoms with E-state index in [1.165, 1.54) is 38.5 Å². The molecular formula is C15H25N. The van der Waals surface area contributed by atoms with Crippen molar-refractivity contribution < 1.29 is 0 Å². The van der Waals surface area contributed by atoms with Gasteiger partial charge in [-0.05, 0) is 42.9 Å². The molecule has 0 saturated heterocycles. The van der Waals surface area contributed by atoms with Gasteiger partial charge in [-0.2, -0.15) is 0 Å². The molecule has 2 saturated carbocycles. The van der Waals surface area contributed by atoms with Gasteiger partial charge >= 0.3 is 0 Å². The lowest BCUT2D eigenvalue weighted by molar-refractivity contribution is 0.0903. The molecule has 1 nitrogen and oxygen atoms in total. The van der Waals surface area contributed by atoms with E-state index in [0.717, 1.165) is 23.9 Å². The van der Waals surface area contributed by atoms with Gasteiger partial charge in [0, 0.05) is 12.1 Å².